The van der Waals surface area contributed by atoms with Crippen molar-refractivity contribution in [1.29, 1.82) is 0 Å². The molecule has 2 aromatic rings. The van der Waals surface area contributed by atoms with E-state index in [0.29, 0.717) is 13.1 Å². The van der Waals surface area contributed by atoms with Gasteiger partial charge in [0.25, 0.3) is 0 Å². The third kappa shape index (κ3) is 2.46. The van der Waals surface area contributed by atoms with Crippen LogP contribution in [-0.4, -0.2) is 18.5 Å². The van der Waals surface area contributed by atoms with Gasteiger partial charge in [-0.1, -0.05) is 12.1 Å². The van der Waals surface area contributed by atoms with E-state index >= 15 is 0 Å². The van der Waals surface area contributed by atoms with Gasteiger partial charge < -0.3 is 5.73 Å². The molecule has 0 aliphatic heterocycles. The van der Waals surface area contributed by atoms with Crippen LogP contribution in [0.1, 0.15) is 10.4 Å². The van der Waals surface area contributed by atoms with E-state index in [-0.39, 0.29) is 5.82 Å². The van der Waals surface area contributed by atoms with Gasteiger partial charge in [-0.25, -0.2) is 4.39 Å². The van der Waals surface area contributed by atoms with Crippen molar-refractivity contribution in [2.45, 2.75) is 13.1 Å². The van der Waals surface area contributed by atoms with E-state index in [1.807, 2.05) is 19.2 Å². The molecule has 0 aliphatic rings. The summed E-state index contributed by atoms with van der Waals surface area (Å²) in [6.45, 7) is 5.64. The van der Waals surface area contributed by atoms with Gasteiger partial charge in [0, 0.05) is 34.6 Å². The van der Waals surface area contributed by atoms with Crippen molar-refractivity contribution in [2.75, 3.05) is 13.6 Å². The van der Waals surface area contributed by atoms with Crippen molar-refractivity contribution in [2.24, 2.45) is 5.73 Å². The second-order valence-electron chi connectivity index (χ2n) is 4.31. The van der Waals surface area contributed by atoms with Crippen LogP contribution in [0.4, 0.5) is 4.39 Å². The van der Waals surface area contributed by atoms with E-state index in [0.717, 1.165) is 27.1 Å². The first-order valence-corrected chi connectivity index (χ1v) is 6.67. The molecule has 2 nitrogen and oxygen atoms in total. The van der Waals surface area contributed by atoms with Crippen LogP contribution in [0.15, 0.2) is 30.9 Å². The topological polar surface area (TPSA) is 29.3 Å². The number of hydrogen-bond donors (Lipinski definition) is 1. The van der Waals surface area contributed by atoms with Gasteiger partial charge in [-0.3, -0.25) is 4.90 Å². The highest BCUT2D eigenvalue weighted by Crippen LogP contribution is 2.33. The van der Waals surface area contributed by atoms with Crippen molar-refractivity contribution >= 4 is 21.4 Å². The number of likely N-dealkylation sites (N-methyl/N-ethyl adjacent to an activating group) is 1. The Labute approximate surface area is 111 Å². The van der Waals surface area contributed by atoms with Crippen molar-refractivity contribution < 1.29 is 4.39 Å². The van der Waals surface area contributed by atoms with E-state index in [1.165, 1.54) is 6.07 Å². The average molecular weight is 264 g/mol. The molecule has 1 aromatic carbocycles. The Morgan fingerprint density at radius 3 is 2.94 bits per heavy atom. The van der Waals surface area contributed by atoms with Gasteiger partial charge in [0.15, 0.2) is 0 Å². The molecule has 0 unspecified atom stereocenters. The summed E-state index contributed by atoms with van der Waals surface area (Å²) in [6.07, 6.45) is 1.84. The van der Waals surface area contributed by atoms with Gasteiger partial charge in [0.2, 0.25) is 0 Å². The first kappa shape index (κ1) is 13.2. The number of halogens is 1. The summed E-state index contributed by atoms with van der Waals surface area (Å²) in [6, 6.07) is 5.19. The summed E-state index contributed by atoms with van der Waals surface area (Å²) in [4.78, 5) is 3.16. The molecular formula is C14H17FN2S. The third-order valence-electron chi connectivity index (χ3n) is 2.90. The maximum Gasteiger partial charge on any atom is 0.132 e. The summed E-state index contributed by atoms with van der Waals surface area (Å²) < 4.78 is 14.9. The third-order valence-corrected chi connectivity index (χ3v) is 4.12. The Bertz CT molecular complexity index is 562. The molecule has 18 heavy (non-hydrogen) atoms. The van der Waals surface area contributed by atoms with Crippen LogP contribution in [-0.2, 0) is 13.1 Å². The Balaban J connectivity index is 2.49. The largest absolute Gasteiger partial charge is 0.326 e. The molecule has 0 saturated heterocycles. The minimum absolute atomic E-state index is 0.162. The highest BCUT2D eigenvalue weighted by Gasteiger charge is 2.15. The number of thiophene rings is 1. The molecule has 0 fully saturated rings. The zero-order valence-electron chi connectivity index (χ0n) is 10.4. The molecule has 0 spiro atoms. The monoisotopic (exact) mass is 264 g/mol. The van der Waals surface area contributed by atoms with Crippen molar-refractivity contribution in [3.05, 3.63) is 47.1 Å². The normalized spacial score (nSPS) is 11.3. The van der Waals surface area contributed by atoms with Gasteiger partial charge in [-0.2, -0.15) is 0 Å². The molecule has 0 atom stereocenters. The van der Waals surface area contributed by atoms with Gasteiger partial charge >= 0.3 is 0 Å². The SMILES string of the molecule is C=CCN(C)Cc1c(CN)sc2cccc(F)c12. The molecule has 96 valence electrons. The molecule has 0 amide bonds. The van der Waals surface area contributed by atoms with E-state index in [9.17, 15) is 4.39 Å². The lowest BCUT2D eigenvalue weighted by atomic mass is 10.1. The van der Waals surface area contributed by atoms with Crippen LogP contribution in [0.2, 0.25) is 0 Å². The maximum atomic E-state index is 14.0. The number of nitrogens with two attached hydrogens (primary N) is 1. The first-order chi connectivity index (χ1) is 8.67. The molecule has 4 heteroatoms. The second kappa shape index (κ2) is 5.61. The number of fused-ring (bicyclic) bond motifs is 1. The Morgan fingerprint density at radius 2 is 2.28 bits per heavy atom. The zero-order chi connectivity index (χ0) is 13.1. The smallest absolute Gasteiger partial charge is 0.132 e. The second-order valence-corrected chi connectivity index (χ2v) is 5.44. The van der Waals surface area contributed by atoms with E-state index in [4.69, 9.17) is 5.73 Å². The lowest BCUT2D eigenvalue weighted by molar-refractivity contribution is 0.364. The maximum absolute atomic E-state index is 14.0. The van der Waals surface area contributed by atoms with Gasteiger partial charge in [-0.15, -0.1) is 17.9 Å². The fourth-order valence-electron chi connectivity index (χ4n) is 2.10. The summed E-state index contributed by atoms with van der Waals surface area (Å²) in [5.74, 6) is -0.162. The first-order valence-electron chi connectivity index (χ1n) is 5.85. The van der Waals surface area contributed by atoms with Crippen LogP contribution >= 0.6 is 11.3 Å². The van der Waals surface area contributed by atoms with Crippen LogP contribution < -0.4 is 5.73 Å². The molecule has 0 saturated carbocycles. The number of nitrogens with zero attached hydrogens (tertiary/aromatic N) is 1. The Hall–Kier alpha value is -1.23. The minimum atomic E-state index is -0.162. The fraction of sp³-hybridized carbons (Fsp3) is 0.286. The fourth-order valence-corrected chi connectivity index (χ4v) is 3.21. The highest BCUT2D eigenvalue weighted by atomic mass is 32.1. The molecule has 1 aromatic heterocycles. The van der Waals surface area contributed by atoms with E-state index in [2.05, 4.69) is 11.5 Å². The van der Waals surface area contributed by atoms with Gasteiger partial charge in [0.05, 0.1) is 0 Å². The van der Waals surface area contributed by atoms with E-state index < -0.39 is 0 Å². The van der Waals surface area contributed by atoms with E-state index in [1.54, 1.807) is 17.4 Å². The predicted octanol–water partition coefficient (Wildman–Crippen LogP) is 3.12. The molecule has 1 heterocycles. The minimum Gasteiger partial charge on any atom is -0.326 e. The quantitative estimate of drug-likeness (QED) is 0.841. The van der Waals surface area contributed by atoms with Crippen LogP contribution in [0, 0.1) is 5.82 Å². The van der Waals surface area contributed by atoms with Crippen molar-refractivity contribution in [3.8, 4) is 0 Å². The van der Waals surface area contributed by atoms with Crippen molar-refractivity contribution in [1.82, 2.24) is 4.90 Å². The summed E-state index contributed by atoms with van der Waals surface area (Å²) in [5, 5.41) is 0.721. The summed E-state index contributed by atoms with van der Waals surface area (Å²) in [7, 11) is 1.99. The van der Waals surface area contributed by atoms with Crippen molar-refractivity contribution in [3.63, 3.8) is 0 Å². The standard InChI is InChI=1S/C14H17FN2S/c1-3-7-17(2)9-10-13(8-16)18-12-6-4-5-11(15)14(10)12/h3-6H,1,7-9,16H2,2H3. The Kier molecular flexibility index (Phi) is 4.11. The Morgan fingerprint density at radius 1 is 1.50 bits per heavy atom. The number of rotatable bonds is 5. The lowest BCUT2D eigenvalue weighted by Crippen LogP contribution is -2.18. The van der Waals surface area contributed by atoms with Gasteiger partial charge in [-0.05, 0) is 24.7 Å². The molecule has 2 rings (SSSR count). The molecular weight excluding hydrogens is 247 g/mol. The molecule has 0 aliphatic carbocycles. The zero-order valence-corrected chi connectivity index (χ0v) is 11.3. The molecule has 0 bridgehead atoms. The van der Waals surface area contributed by atoms with Gasteiger partial charge in [0.1, 0.15) is 5.82 Å². The summed E-state index contributed by atoms with van der Waals surface area (Å²) >= 11 is 1.58. The van der Waals surface area contributed by atoms with Crippen LogP contribution in [0.5, 0.6) is 0 Å². The summed E-state index contributed by atoms with van der Waals surface area (Å²) in [5.41, 5.74) is 6.78. The average Bonchev–Trinajstić information content (AvgIpc) is 2.69. The highest BCUT2D eigenvalue weighted by molar-refractivity contribution is 7.19. The lowest BCUT2D eigenvalue weighted by Gasteiger charge is -2.15. The molecule has 2 N–H and O–H groups in total. The molecule has 0 radical (unpaired) electrons. The number of benzene rings is 1. The number of hydrogen-bond acceptors (Lipinski definition) is 3. The van der Waals surface area contributed by atoms with Crippen LogP contribution in [0.3, 0.4) is 0 Å². The van der Waals surface area contributed by atoms with Crippen LogP contribution in [0.25, 0.3) is 10.1 Å². The predicted molar refractivity (Wildman–Crippen MR) is 76.2 cm³/mol.